The van der Waals surface area contributed by atoms with Crippen molar-refractivity contribution < 1.29 is 0 Å². The summed E-state index contributed by atoms with van der Waals surface area (Å²) in [6.45, 7) is 5.97. The predicted molar refractivity (Wildman–Crippen MR) is 98.4 cm³/mol. The van der Waals surface area contributed by atoms with Crippen molar-refractivity contribution in [2.75, 3.05) is 13.6 Å². The molecule has 1 aromatic heterocycles. The van der Waals surface area contributed by atoms with E-state index in [1.807, 2.05) is 14.0 Å². The maximum Gasteiger partial charge on any atom is 0.191 e. The lowest BCUT2D eigenvalue weighted by Crippen LogP contribution is -2.42. The molecule has 0 aromatic carbocycles. The van der Waals surface area contributed by atoms with Gasteiger partial charge in [-0.15, -0.1) is 24.0 Å². The molecule has 0 amide bonds. The molecule has 2 N–H and O–H groups in total. The number of halogens is 1. The Morgan fingerprint density at radius 2 is 2.10 bits per heavy atom. The van der Waals surface area contributed by atoms with Crippen LogP contribution in [0.25, 0.3) is 0 Å². The van der Waals surface area contributed by atoms with Crippen molar-refractivity contribution in [2.24, 2.45) is 4.99 Å². The minimum Gasteiger partial charge on any atom is -0.356 e. The van der Waals surface area contributed by atoms with E-state index in [9.17, 15) is 0 Å². The van der Waals surface area contributed by atoms with Gasteiger partial charge in [-0.1, -0.05) is 12.2 Å². The maximum atomic E-state index is 4.46. The molecule has 1 heterocycles. The minimum absolute atomic E-state index is 0. The van der Waals surface area contributed by atoms with Crippen molar-refractivity contribution in [3.8, 4) is 0 Å². The Hall–Kier alpha value is -1.05. The maximum absolute atomic E-state index is 4.46. The number of aliphatic imine (C=N–C) groups is 1. The molecule has 1 aliphatic rings. The van der Waals surface area contributed by atoms with E-state index in [1.165, 1.54) is 5.69 Å². The molecule has 6 heteroatoms. The van der Waals surface area contributed by atoms with Crippen LogP contribution in [-0.2, 0) is 6.54 Å². The summed E-state index contributed by atoms with van der Waals surface area (Å²) in [6, 6.07) is 2.61. The first kappa shape index (κ1) is 18.0. The number of aryl methyl sites for hydroxylation is 3. The fourth-order valence-electron chi connectivity index (χ4n) is 2.46. The summed E-state index contributed by atoms with van der Waals surface area (Å²) in [4.78, 5) is 4.26. The van der Waals surface area contributed by atoms with Crippen LogP contribution in [0, 0.1) is 13.8 Å². The molecule has 1 aromatic rings. The molecule has 1 aliphatic carbocycles. The summed E-state index contributed by atoms with van der Waals surface area (Å²) < 4.78 is 2.06. The van der Waals surface area contributed by atoms with Crippen LogP contribution in [0.4, 0.5) is 0 Å². The average molecular weight is 403 g/mol. The third-order valence-electron chi connectivity index (χ3n) is 3.51. The van der Waals surface area contributed by atoms with E-state index in [-0.39, 0.29) is 24.0 Å². The number of rotatable bonds is 5. The summed E-state index contributed by atoms with van der Waals surface area (Å²) in [7, 11) is 1.82. The molecular weight excluding hydrogens is 377 g/mol. The molecule has 2 rings (SSSR count). The number of nitrogens with one attached hydrogen (secondary N) is 2. The van der Waals surface area contributed by atoms with Gasteiger partial charge in [0, 0.05) is 31.9 Å². The normalized spacial score (nSPS) is 15.1. The quantitative estimate of drug-likeness (QED) is 0.261. The SMILES string of the molecule is CN=C(NCCCn1nc(C)cc1C)NC1CC=CC1.I. The zero-order valence-corrected chi connectivity index (χ0v) is 15.4. The van der Waals surface area contributed by atoms with Gasteiger partial charge in [0.15, 0.2) is 5.96 Å². The second-order valence-corrected chi connectivity index (χ2v) is 5.29. The highest BCUT2D eigenvalue weighted by molar-refractivity contribution is 14.0. The number of aromatic nitrogens is 2. The van der Waals surface area contributed by atoms with Gasteiger partial charge in [-0.05, 0) is 39.2 Å². The zero-order chi connectivity index (χ0) is 14.4. The monoisotopic (exact) mass is 403 g/mol. The van der Waals surface area contributed by atoms with E-state index in [2.05, 4.69) is 50.5 Å². The lowest BCUT2D eigenvalue weighted by molar-refractivity contribution is 0.551. The molecule has 118 valence electrons. The molecular formula is C15H26IN5. The van der Waals surface area contributed by atoms with Gasteiger partial charge in [-0.3, -0.25) is 9.67 Å². The van der Waals surface area contributed by atoms with Crippen molar-refractivity contribution in [1.82, 2.24) is 20.4 Å². The van der Waals surface area contributed by atoms with Gasteiger partial charge in [0.1, 0.15) is 0 Å². The highest BCUT2D eigenvalue weighted by atomic mass is 127. The Kier molecular flexibility index (Phi) is 7.77. The fraction of sp³-hybridized carbons (Fsp3) is 0.600. The Balaban J connectivity index is 0.00000220. The standard InChI is InChI=1S/C15H25N5.HI/c1-12-11-13(2)20(19-12)10-6-9-17-15(16-3)18-14-7-4-5-8-14;/h4-5,11,14H,6-10H2,1-3H3,(H2,16,17,18);1H. The Morgan fingerprint density at radius 1 is 1.38 bits per heavy atom. The highest BCUT2D eigenvalue weighted by Gasteiger charge is 2.11. The van der Waals surface area contributed by atoms with E-state index in [4.69, 9.17) is 0 Å². The number of guanidine groups is 1. The van der Waals surface area contributed by atoms with Crippen LogP contribution in [0.3, 0.4) is 0 Å². The molecule has 0 bridgehead atoms. The van der Waals surface area contributed by atoms with E-state index < -0.39 is 0 Å². The lowest BCUT2D eigenvalue weighted by atomic mass is 10.2. The molecule has 5 nitrogen and oxygen atoms in total. The second-order valence-electron chi connectivity index (χ2n) is 5.29. The summed E-state index contributed by atoms with van der Waals surface area (Å²) in [5.41, 5.74) is 2.31. The largest absolute Gasteiger partial charge is 0.356 e. The van der Waals surface area contributed by atoms with Crippen molar-refractivity contribution >= 4 is 29.9 Å². The summed E-state index contributed by atoms with van der Waals surface area (Å²) >= 11 is 0. The van der Waals surface area contributed by atoms with Crippen LogP contribution in [-0.4, -0.2) is 35.4 Å². The molecule has 0 radical (unpaired) electrons. The van der Waals surface area contributed by atoms with Crippen LogP contribution in [0.1, 0.15) is 30.7 Å². The fourth-order valence-corrected chi connectivity index (χ4v) is 2.46. The van der Waals surface area contributed by atoms with Crippen LogP contribution in [0.2, 0.25) is 0 Å². The number of nitrogens with zero attached hydrogens (tertiary/aromatic N) is 3. The molecule has 0 unspecified atom stereocenters. The summed E-state index contributed by atoms with van der Waals surface area (Å²) in [5, 5.41) is 11.3. The van der Waals surface area contributed by atoms with Crippen molar-refractivity contribution in [3.05, 3.63) is 29.6 Å². The Bertz CT molecular complexity index is 484. The van der Waals surface area contributed by atoms with E-state index in [1.54, 1.807) is 0 Å². The molecule has 21 heavy (non-hydrogen) atoms. The van der Waals surface area contributed by atoms with Gasteiger partial charge in [-0.2, -0.15) is 5.10 Å². The second kappa shape index (κ2) is 9.07. The van der Waals surface area contributed by atoms with Crippen molar-refractivity contribution in [1.29, 1.82) is 0 Å². The highest BCUT2D eigenvalue weighted by Crippen LogP contribution is 2.08. The zero-order valence-electron chi connectivity index (χ0n) is 13.1. The molecule has 0 fully saturated rings. The predicted octanol–water partition coefficient (Wildman–Crippen LogP) is 2.39. The van der Waals surface area contributed by atoms with Gasteiger partial charge < -0.3 is 10.6 Å². The van der Waals surface area contributed by atoms with Crippen LogP contribution < -0.4 is 10.6 Å². The van der Waals surface area contributed by atoms with E-state index in [0.29, 0.717) is 6.04 Å². The van der Waals surface area contributed by atoms with Gasteiger partial charge in [-0.25, -0.2) is 0 Å². The average Bonchev–Trinajstić information content (AvgIpc) is 3.03. The molecule has 0 spiro atoms. The van der Waals surface area contributed by atoms with Gasteiger partial charge >= 0.3 is 0 Å². The van der Waals surface area contributed by atoms with E-state index >= 15 is 0 Å². The first-order valence-corrected chi connectivity index (χ1v) is 7.32. The van der Waals surface area contributed by atoms with Gasteiger partial charge in [0.25, 0.3) is 0 Å². The molecule has 0 aliphatic heterocycles. The number of hydrogen-bond acceptors (Lipinski definition) is 2. The third kappa shape index (κ3) is 5.68. The van der Waals surface area contributed by atoms with Gasteiger partial charge in [0.05, 0.1) is 5.69 Å². The lowest BCUT2D eigenvalue weighted by Gasteiger charge is -2.16. The van der Waals surface area contributed by atoms with Crippen molar-refractivity contribution in [2.45, 2.75) is 45.7 Å². The smallest absolute Gasteiger partial charge is 0.191 e. The number of hydrogen-bond donors (Lipinski definition) is 2. The van der Waals surface area contributed by atoms with E-state index in [0.717, 1.165) is 44.0 Å². The molecule has 0 atom stereocenters. The van der Waals surface area contributed by atoms with Crippen LogP contribution in [0.15, 0.2) is 23.2 Å². The van der Waals surface area contributed by atoms with Crippen LogP contribution in [0.5, 0.6) is 0 Å². The van der Waals surface area contributed by atoms with Crippen LogP contribution >= 0.6 is 24.0 Å². The van der Waals surface area contributed by atoms with Gasteiger partial charge in [0.2, 0.25) is 0 Å². The summed E-state index contributed by atoms with van der Waals surface area (Å²) in [6.07, 6.45) is 7.64. The molecule has 0 saturated carbocycles. The Morgan fingerprint density at radius 3 is 2.67 bits per heavy atom. The first-order chi connectivity index (χ1) is 9.69. The Labute approximate surface area is 144 Å². The van der Waals surface area contributed by atoms with Crippen molar-refractivity contribution in [3.63, 3.8) is 0 Å². The topological polar surface area (TPSA) is 54.2 Å². The minimum atomic E-state index is 0. The first-order valence-electron chi connectivity index (χ1n) is 7.32. The third-order valence-corrected chi connectivity index (χ3v) is 3.51. The summed E-state index contributed by atoms with van der Waals surface area (Å²) in [5.74, 6) is 0.895. The molecule has 0 saturated heterocycles.